The molecule has 29 heavy (non-hydrogen) atoms. The average Bonchev–Trinajstić information content (AvgIpc) is 3.43. The molecule has 1 N–H and O–H groups in total. The maximum absolute atomic E-state index is 13.0. The highest BCUT2D eigenvalue weighted by atomic mass is 32.1. The number of thiophene rings is 1. The Morgan fingerprint density at radius 2 is 1.86 bits per heavy atom. The molecule has 0 bridgehead atoms. The van der Waals surface area contributed by atoms with Crippen LogP contribution < -0.4 is 5.32 Å². The van der Waals surface area contributed by atoms with Gasteiger partial charge in [0.2, 0.25) is 5.91 Å². The van der Waals surface area contributed by atoms with Gasteiger partial charge in [0.05, 0.1) is 4.88 Å². The van der Waals surface area contributed by atoms with Gasteiger partial charge in [0.1, 0.15) is 0 Å². The number of nitrogens with one attached hydrogen (secondary N) is 1. The number of nitrogens with zero attached hydrogens (tertiary/aromatic N) is 1. The van der Waals surface area contributed by atoms with Crippen molar-refractivity contribution in [2.45, 2.75) is 51.0 Å². The van der Waals surface area contributed by atoms with Gasteiger partial charge in [-0.25, -0.2) is 0 Å². The molecule has 2 amide bonds. The van der Waals surface area contributed by atoms with E-state index in [2.05, 4.69) is 11.4 Å². The van der Waals surface area contributed by atoms with Crippen molar-refractivity contribution in [2.75, 3.05) is 13.1 Å². The molecule has 1 aliphatic carbocycles. The van der Waals surface area contributed by atoms with Crippen molar-refractivity contribution < 1.29 is 14.4 Å². The van der Waals surface area contributed by atoms with Gasteiger partial charge in [0.25, 0.3) is 5.91 Å². The second-order valence-corrected chi connectivity index (χ2v) is 8.78. The first kappa shape index (κ1) is 19.8. The molecule has 1 aliphatic heterocycles. The van der Waals surface area contributed by atoms with E-state index >= 15 is 0 Å². The lowest BCUT2D eigenvalue weighted by Crippen LogP contribution is -2.46. The molecular formula is C23H26N2O3S. The second kappa shape index (κ2) is 8.91. The third-order valence-electron chi connectivity index (χ3n) is 5.90. The predicted octanol–water partition coefficient (Wildman–Crippen LogP) is 3.62. The second-order valence-electron chi connectivity index (χ2n) is 7.83. The third-order valence-corrected chi connectivity index (χ3v) is 6.81. The van der Waals surface area contributed by atoms with Crippen molar-refractivity contribution in [3.63, 3.8) is 0 Å². The molecule has 2 aliphatic rings. The molecule has 152 valence electrons. The molecule has 5 nitrogen and oxygen atoms in total. The lowest BCUT2D eigenvalue weighted by atomic mass is 9.99. The third kappa shape index (κ3) is 4.58. The van der Waals surface area contributed by atoms with Gasteiger partial charge in [0, 0.05) is 37.5 Å². The zero-order chi connectivity index (χ0) is 20.2. The monoisotopic (exact) mass is 410 g/mol. The van der Waals surface area contributed by atoms with Gasteiger partial charge < -0.3 is 10.2 Å². The van der Waals surface area contributed by atoms with Crippen LogP contribution >= 0.6 is 11.3 Å². The maximum atomic E-state index is 13.0. The van der Waals surface area contributed by atoms with Crippen LogP contribution in [0.2, 0.25) is 0 Å². The molecule has 0 spiro atoms. The normalized spacial score (nSPS) is 16.5. The number of likely N-dealkylation sites (tertiary alicyclic amines) is 1. The Morgan fingerprint density at radius 3 is 2.62 bits per heavy atom. The maximum Gasteiger partial charge on any atom is 0.254 e. The van der Waals surface area contributed by atoms with Crippen molar-refractivity contribution in [1.29, 1.82) is 0 Å². The van der Waals surface area contributed by atoms with E-state index in [1.54, 1.807) is 6.07 Å². The van der Waals surface area contributed by atoms with E-state index in [4.69, 9.17) is 0 Å². The molecule has 6 heteroatoms. The molecule has 0 unspecified atom stereocenters. The van der Waals surface area contributed by atoms with Gasteiger partial charge in [-0.05, 0) is 60.7 Å². The fourth-order valence-corrected chi connectivity index (χ4v) is 5.00. The summed E-state index contributed by atoms with van der Waals surface area (Å²) in [4.78, 5) is 39.8. The number of hydrogen-bond acceptors (Lipinski definition) is 4. The van der Waals surface area contributed by atoms with Crippen LogP contribution in [0.1, 0.15) is 63.3 Å². The van der Waals surface area contributed by atoms with E-state index < -0.39 is 0 Å². The summed E-state index contributed by atoms with van der Waals surface area (Å²) in [5, 5.41) is 4.90. The fourth-order valence-electron chi connectivity index (χ4n) is 4.30. The lowest BCUT2D eigenvalue weighted by Gasteiger charge is -2.33. The highest BCUT2D eigenvalue weighted by Crippen LogP contribution is 2.27. The van der Waals surface area contributed by atoms with Crippen molar-refractivity contribution in [2.24, 2.45) is 0 Å². The van der Waals surface area contributed by atoms with Crippen molar-refractivity contribution in [3.8, 4) is 0 Å². The van der Waals surface area contributed by atoms with Gasteiger partial charge in [-0.15, -0.1) is 11.3 Å². The zero-order valence-electron chi connectivity index (χ0n) is 16.5. The smallest absolute Gasteiger partial charge is 0.254 e. The molecule has 4 rings (SSSR count). The first-order valence-electron chi connectivity index (χ1n) is 10.4. The fraction of sp³-hybridized carbons (Fsp3) is 0.435. The zero-order valence-corrected chi connectivity index (χ0v) is 17.3. The predicted molar refractivity (Wildman–Crippen MR) is 113 cm³/mol. The lowest BCUT2D eigenvalue weighted by molar-refractivity contribution is -0.122. The highest BCUT2D eigenvalue weighted by molar-refractivity contribution is 7.12. The Balaban J connectivity index is 1.24. The van der Waals surface area contributed by atoms with Crippen LogP contribution in [0.25, 0.3) is 0 Å². The van der Waals surface area contributed by atoms with Crippen LogP contribution in [0.3, 0.4) is 0 Å². The van der Waals surface area contributed by atoms with Crippen LogP contribution in [0.15, 0.2) is 35.7 Å². The Bertz CT molecular complexity index is 899. The van der Waals surface area contributed by atoms with Crippen molar-refractivity contribution in [1.82, 2.24) is 10.2 Å². The number of amides is 2. The van der Waals surface area contributed by atoms with E-state index in [-0.39, 0.29) is 36.5 Å². The standard InChI is InChI=1S/C23H26N2O3S/c26-20(21-8-3-15-29-21)9-10-22(27)24-17-11-13-25(14-12-17)23(28)19-7-2-5-16-4-1-6-18(16)19/h2-3,5,7-8,15,17H,1,4,6,9-14H2,(H,24,27). The van der Waals surface area contributed by atoms with E-state index in [1.165, 1.54) is 22.5 Å². The van der Waals surface area contributed by atoms with Crippen LogP contribution in [-0.2, 0) is 17.6 Å². The number of fused-ring (bicyclic) bond motifs is 1. The van der Waals surface area contributed by atoms with E-state index in [9.17, 15) is 14.4 Å². The van der Waals surface area contributed by atoms with Gasteiger partial charge in [-0.1, -0.05) is 18.2 Å². The summed E-state index contributed by atoms with van der Waals surface area (Å²) in [6, 6.07) is 9.78. The molecule has 2 heterocycles. The Hall–Kier alpha value is -2.47. The molecule has 1 aromatic carbocycles. The Kier molecular flexibility index (Phi) is 6.09. The summed E-state index contributed by atoms with van der Waals surface area (Å²) in [7, 11) is 0. The molecular weight excluding hydrogens is 384 g/mol. The number of aryl methyl sites for hydroxylation is 1. The summed E-state index contributed by atoms with van der Waals surface area (Å²) in [5.74, 6) is 0.0570. The SMILES string of the molecule is O=C(CCC(=O)c1cccs1)NC1CCN(C(=O)c2cccc3c2CCC3)CC1. The number of ketones is 1. The molecule has 1 fully saturated rings. The molecule has 0 radical (unpaired) electrons. The number of hydrogen-bond donors (Lipinski definition) is 1. The van der Waals surface area contributed by atoms with Gasteiger partial charge >= 0.3 is 0 Å². The number of piperidine rings is 1. The van der Waals surface area contributed by atoms with E-state index in [0.717, 1.165) is 37.7 Å². The van der Waals surface area contributed by atoms with E-state index in [1.807, 2.05) is 28.5 Å². The number of carbonyl (C=O) groups excluding carboxylic acids is 3. The minimum absolute atomic E-state index is 0.0194. The molecule has 1 aromatic heterocycles. The van der Waals surface area contributed by atoms with Crippen LogP contribution in [0.4, 0.5) is 0 Å². The topological polar surface area (TPSA) is 66.5 Å². The minimum Gasteiger partial charge on any atom is -0.353 e. The molecule has 1 saturated heterocycles. The Morgan fingerprint density at radius 1 is 1.03 bits per heavy atom. The van der Waals surface area contributed by atoms with Gasteiger partial charge in [-0.3, -0.25) is 14.4 Å². The number of Topliss-reactive ketones (excluding diaryl/α,β-unsaturated/α-hetero) is 1. The summed E-state index contributed by atoms with van der Waals surface area (Å²) in [6.07, 6.45) is 5.15. The quantitative estimate of drug-likeness (QED) is 0.740. The number of carbonyl (C=O) groups is 3. The summed E-state index contributed by atoms with van der Waals surface area (Å²) in [5.41, 5.74) is 3.40. The first-order valence-corrected chi connectivity index (χ1v) is 11.3. The van der Waals surface area contributed by atoms with Crippen molar-refractivity contribution >= 4 is 28.9 Å². The van der Waals surface area contributed by atoms with Crippen molar-refractivity contribution in [3.05, 3.63) is 57.3 Å². The highest BCUT2D eigenvalue weighted by Gasteiger charge is 2.27. The van der Waals surface area contributed by atoms with Gasteiger partial charge in [0.15, 0.2) is 5.78 Å². The van der Waals surface area contributed by atoms with E-state index in [0.29, 0.717) is 18.0 Å². The Labute approximate surface area is 175 Å². The summed E-state index contributed by atoms with van der Waals surface area (Å²) < 4.78 is 0. The molecule has 2 aromatic rings. The average molecular weight is 411 g/mol. The minimum atomic E-state index is -0.0828. The van der Waals surface area contributed by atoms with Crippen LogP contribution in [-0.4, -0.2) is 41.6 Å². The number of rotatable bonds is 6. The summed E-state index contributed by atoms with van der Waals surface area (Å²) >= 11 is 1.41. The molecule has 0 saturated carbocycles. The van der Waals surface area contributed by atoms with Gasteiger partial charge in [-0.2, -0.15) is 0 Å². The van der Waals surface area contributed by atoms with Crippen LogP contribution in [0, 0.1) is 0 Å². The molecule has 0 atom stereocenters. The van der Waals surface area contributed by atoms with Crippen LogP contribution in [0.5, 0.6) is 0 Å². The summed E-state index contributed by atoms with van der Waals surface area (Å²) in [6.45, 7) is 1.31. The number of benzene rings is 1. The largest absolute Gasteiger partial charge is 0.353 e. The first-order chi connectivity index (χ1) is 14.1.